The summed E-state index contributed by atoms with van der Waals surface area (Å²) in [7, 11) is -1.58. The summed E-state index contributed by atoms with van der Waals surface area (Å²) < 4.78 is 24.7. The average Bonchev–Trinajstić information content (AvgIpc) is 2.67. The topological polar surface area (TPSA) is 70.6 Å². The van der Waals surface area contributed by atoms with Crippen molar-refractivity contribution in [2.45, 2.75) is 29.6 Å². The average molecular weight is 386 g/mol. The number of hydrogen-bond acceptors (Lipinski definition) is 3. The molecule has 1 saturated carbocycles. The Bertz CT molecular complexity index is 861. The molecule has 2 aromatic carbocycles. The lowest BCUT2D eigenvalue weighted by Gasteiger charge is -2.43. The zero-order valence-corrected chi connectivity index (χ0v) is 16.5. The quantitative estimate of drug-likeness (QED) is 0.568. The van der Waals surface area contributed by atoms with Gasteiger partial charge in [-0.1, -0.05) is 55.0 Å². The van der Waals surface area contributed by atoms with Crippen molar-refractivity contribution in [3.05, 3.63) is 66.2 Å². The van der Waals surface area contributed by atoms with E-state index < -0.39 is 9.84 Å². The van der Waals surface area contributed by atoms with Crippen molar-refractivity contribution < 1.29 is 8.42 Å². The molecule has 3 rings (SSSR count). The van der Waals surface area contributed by atoms with Crippen LogP contribution in [0.15, 0.2) is 70.6 Å². The molecule has 0 spiro atoms. The molecular formula is C21H27N3O2S. The molecule has 0 heterocycles. The highest BCUT2D eigenvalue weighted by Gasteiger charge is 2.38. The van der Waals surface area contributed by atoms with Gasteiger partial charge >= 0.3 is 0 Å². The molecule has 1 fully saturated rings. The zero-order chi connectivity index (χ0) is 19.2. The number of sulfone groups is 1. The van der Waals surface area contributed by atoms with Crippen LogP contribution >= 0.6 is 0 Å². The molecular weight excluding hydrogens is 358 g/mol. The second kappa shape index (κ2) is 8.57. The van der Waals surface area contributed by atoms with Crippen LogP contribution in [0.1, 0.15) is 24.8 Å². The van der Waals surface area contributed by atoms with Gasteiger partial charge in [0.05, 0.1) is 10.6 Å². The molecule has 0 bridgehead atoms. The maximum Gasteiger partial charge on any atom is 0.191 e. The Morgan fingerprint density at radius 3 is 2.19 bits per heavy atom. The third-order valence-corrected chi connectivity index (χ3v) is 7.01. The molecule has 2 aromatic rings. The highest BCUT2D eigenvalue weighted by atomic mass is 32.2. The Balaban J connectivity index is 1.53. The minimum atomic E-state index is -3.29. The lowest BCUT2D eigenvalue weighted by Crippen LogP contribution is -2.49. The van der Waals surface area contributed by atoms with Crippen LogP contribution in [0, 0.1) is 0 Å². The number of guanidine groups is 1. The summed E-state index contributed by atoms with van der Waals surface area (Å²) in [6.45, 7) is 1.11. The summed E-state index contributed by atoms with van der Waals surface area (Å²) in [6.07, 6.45) is 3.55. The summed E-state index contributed by atoms with van der Waals surface area (Å²) in [5, 5.41) is 6.51. The summed E-state index contributed by atoms with van der Waals surface area (Å²) in [5.41, 5.74) is 1.50. The first-order chi connectivity index (χ1) is 13.1. The van der Waals surface area contributed by atoms with Crippen LogP contribution < -0.4 is 10.6 Å². The number of nitrogens with zero attached hydrogens (tertiary/aromatic N) is 1. The van der Waals surface area contributed by atoms with E-state index in [0.717, 1.165) is 19.4 Å². The molecule has 144 valence electrons. The Morgan fingerprint density at radius 2 is 1.63 bits per heavy atom. The van der Waals surface area contributed by atoms with Gasteiger partial charge in [0, 0.05) is 25.6 Å². The molecule has 0 atom stereocenters. The van der Waals surface area contributed by atoms with E-state index in [4.69, 9.17) is 0 Å². The molecule has 1 aliphatic carbocycles. The van der Waals surface area contributed by atoms with Crippen molar-refractivity contribution in [1.82, 2.24) is 10.6 Å². The van der Waals surface area contributed by atoms with E-state index in [9.17, 15) is 8.42 Å². The van der Waals surface area contributed by atoms with Gasteiger partial charge in [0.15, 0.2) is 15.8 Å². The van der Waals surface area contributed by atoms with Gasteiger partial charge in [-0.25, -0.2) is 8.42 Å². The summed E-state index contributed by atoms with van der Waals surface area (Å²) >= 11 is 0. The van der Waals surface area contributed by atoms with Crippen LogP contribution in [0.25, 0.3) is 0 Å². The molecule has 0 radical (unpaired) electrons. The predicted molar refractivity (Wildman–Crippen MR) is 110 cm³/mol. The van der Waals surface area contributed by atoms with E-state index in [-0.39, 0.29) is 11.2 Å². The van der Waals surface area contributed by atoms with Crippen LogP contribution in [0.3, 0.4) is 0 Å². The largest absolute Gasteiger partial charge is 0.356 e. The van der Waals surface area contributed by atoms with E-state index in [1.54, 1.807) is 31.3 Å². The van der Waals surface area contributed by atoms with Crippen LogP contribution in [0.4, 0.5) is 0 Å². The minimum absolute atomic E-state index is 0.0293. The third kappa shape index (κ3) is 4.69. The molecule has 0 aromatic heterocycles. The van der Waals surface area contributed by atoms with Gasteiger partial charge in [0.2, 0.25) is 0 Å². The van der Waals surface area contributed by atoms with E-state index in [1.165, 1.54) is 12.0 Å². The normalized spacial score (nSPS) is 16.4. The van der Waals surface area contributed by atoms with E-state index in [1.807, 2.05) is 12.1 Å². The fourth-order valence-corrected chi connectivity index (χ4v) is 4.66. The fourth-order valence-electron chi connectivity index (χ4n) is 3.49. The number of benzene rings is 2. The van der Waals surface area contributed by atoms with Crippen molar-refractivity contribution in [3.63, 3.8) is 0 Å². The molecule has 27 heavy (non-hydrogen) atoms. The first-order valence-electron chi connectivity index (χ1n) is 9.34. The van der Waals surface area contributed by atoms with Gasteiger partial charge in [-0.3, -0.25) is 4.99 Å². The Hall–Kier alpha value is -2.34. The molecule has 6 heteroatoms. The predicted octanol–water partition coefficient (Wildman–Crippen LogP) is 2.75. The summed E-state index contributed by atoms with van der Waals surface area (Å²) in [5.74, 6) is 0.669. The van der Waals surface area contributed by atoms with Gasteiger partial charge in [-0.2, -0.15) is 0 Å². The van der Waals surface area contributed by atoms with Crippen LogP contribution in [0.2, 0.25) is 0 Å². The lowest BCUT2D eigenvalue weighted by atomic mass is 9.64. The number of rotatable bonds is 7. The van der Waals surface area contributed by atoms with Gasteiger partial charge < -0.3 is 10.6 Å². The highest BCUT2D eigenvalue weighted by Crippen LogP contribution is 2.43. The molecule has 0 amide bonds. The Morgan fingerprint density at radius 1 is 1.00 bits per heavy atom. The monoisotopic (exact) mass is 385 g/mol. The van der Waals surface area contributed by atoms with Crippen LogP contribution in [-0.2, 0) is 15.3 Å². The SMILES string of the molecule is CN=C(NCCS(=O)(=O)c1ccccc1)NCC1(c2ccccc2)CCC1. The first-order valence-corrected chi connectivity index (χ1v) is 11.0. The van der Waals surface area contributed by atoms with Crippen molar-refractivity contribution in [2.24, 2.45) is 4.99 Å². The third-order valence-electron chi connectivity index (χ3n) is 5.28. The summed E-state index contributed by atoms with van der Waals surface area (Å²) in [4.78, 5) is 4.59. The van der Waals surface area contributed by atoms with Crippen molar-refractivity contribution in [2.75, 3.05) is 25.9 Å². The molecule has 5 nitrogen and oxygen atoms in total. The lowest BCUT2D eigenvalue weighted by molar-refractivity contribution is 0.244. The van der Waals surface area contributed by atoms with Gasteiger partial charge in [0.1, 0.15) is 0 Å². The van der Waals surface area contributed by atoms with E-state index >= 15 is 0 Å². The smallest absolute Gasteiger partial charge is 0.191 e. The van der Waals surface area contributed by atoms with E-state index in [2.05, 4.69) is 39.9 Å². The maximum atomic E-state index is 12.4. The van der Waals surface area contributed by atoms with E-state index in [0.29, 0.717) is 17.4 Å². The number of hydrogen-bond donors (Lipinski definition) is 2. The van der Waals surface area contributed by atoms with Gasteiger partial charge in [-0.05, 0) is 30.5 Å². The highest BCUT2D eigenvalue weighted by molar-refractivity contribution is 7.91. The molecule has 0 saturated heterocycles. The zero-order valence-electron chi connectivity index (χ0n) is 15.7. The van der Waals surface area contributed by atoms with Crippen molar-refractivity contribution in [1.29, 1.82) is 0 Å². The minimum Gasteiger partial charge on any atom is -0.356 e. The number of aliphatic imine (C=N–C) groups is 1. The maximum absolute atomic E-state index is 12.4. The Labute approximate surface area is 161 Å². The number of nitrogens with one attached hydrogen (secondary N) is 2. The molecule has 1 aliphatic rings. The molecule has 0 aliphatic heterocycles. The Kier molecular flexibility index (Phi) is 6.16. The second-order valence-electron chi connectivity index (χ2n) is 6.98. The van der Waals surface area contributed by atoms with Gasteiger partial charge in [-0.15, -0.1) is 0 Å². The van der Waals surface area contributed by atoms with Crippen molar-refractivity contribution in [3.8, 4) is 0 Å². The van der Waals surface area contributed by atoms with Crippen LogP contribution in [-0.4, -0.2) is 40.3 Å². The molecule has 2 N–H and O–H groups in total. The first kappa shape index (κ1) is 19.4. The van der Waals surface area contributed by atoms with Crippen molar-refractivity contribution >= 4 is 15.8 Å². The second-order valence-corrected chi connectivity index (χ2v) is 9.09. The fraction of sp³-hybridized carbons (Fsp3) is 0.381. The van der Waals surface area contributed by atoms with Crippen LogP contribution in [0.5, 0.6) is 0 Å². The van der Waals surface area contributed by atoms with Gasteiger partial charge in [0.25, 0.3) is 0 Å². The summed E-state index contributed by atoms with van der Waals surface area (Å²) in [6, 6.07) is 19.1. The standard InChI is InChI=1S/C21H27N3O2S/c1-22-20(23-15-16-27(25,26)19-11-6-3-7-12-19)24-17-21(13-8-14-21)18-9-4-2-5-10-18/h2-7,9-12H,8,13-17H2,1H3,(H2,22,23,24). The molecule has 0 unspecified atom stereocenters.